The van der Waals surface area contributed by atoms with Crippen LogP contribution < -0.4 is 10.0 Å². The zero-order valence-corrected chi connectivity index (χ0v) is 18.0. The van der Waals surface area contributed by atoms with Gasteiger partial charge in [0.2, 0.25) is 15.9 Å². The standard InChI is InChI=1S/C19H31N5O4S/c1-3-29(26,27)23-16-9-14-11-24(18(25)21-15-7-5-4-6-8-15)12-19(14,10-16)17-20-13(2)22-28-17/h14-16,23H,3-12H2,1-2H3,(H,21,25)/t14?,16-,19+/m1/s1. The molecule has 2 aliphatic carbocycles. The summed E-state index contributed by atoms with van der Waals surface area (Å²) in [5.74, 6) is 1.21. The lowest BCUT2D eigenvalue weighted by Crippen LogP contribution is -2.46. The van der Waals surface area contributed by atoms with Gasteiger partial charge in [-0.25, -0.2) is 17.9 Å². The molecule has 162 valence electrons. The molecule has 1 unspecified atom stereocenters. The number of nitrogens with zero attached hydrogens (tertiary/aromatic N) is 3. The first-order valence-electron chi connectivity index (χ1n) is 10.7. The first kappa shape index (κ1) is 20.6. The van der Waals surface area contributed by atoms with Crippen molar-refractivity contribution in [3.05, 3.63) is 11.7 Å². The number of sulfonamides is 1. The summed E-state index contributed by atoms with van der Waals surface area (Å²) in [6, 6.07) is 0.0377. The Bertz CT molecular complexity index is 851. The van der Waals surface area contributed by atoms with E-state index in [1.54, 1.807) is 13.8 Å². The van der Waals surface area contributed by atoms with Gasteiger partial charge in [0.05, 0.1) is 11.2 Å². The maximum absolute atomic E-state index is 12.9. The predicted octanol–water partition coefficient (Wildman–Crippen LogP) is 1.69. The van der Waals surface area contributed by atoms with E-state index in [9.17, 15) is 13.2 Å². The Kier molecular flexibility index (Phi) is 5.58. The van der Waals surface area contributed by atoms with E-state index in [1.165, 1.54) is 6.42 Å². The smallest absolute Gasteiger partial charge is 0.317 e. The van der Waals surface area contributed by atoms with E-state index in [0.29, 0.717) is 37.6 Å². The molecule has 1 saturated heterocycles. The molecule has 1 aromatic rings. The van der Waals surface area contributed by atoms with Crippen LogP contribution in [0.25, 0.3) is 0 Å². The number of carbonyl (C=O) groups excluding carboxylic acids is 1. The van der Waals surface area contributed by atoms with Gasteiger partial charge in [-0.1, -0.05) is 24.4 Å². The third-order valence-electron chi connectivity index (χ3n) is 6.77. The van der Waals surface area contributed by atoms with Crippen molar-refractivity contribution < 1.29 is 17.7 Å². The highest BCUT2D eigenvalue weighted by atomic mass is 32.2. The molecule has 2 saturated carbocycles. The van der Waals surface area contributed by atoms with Crippen LogP contribution >= 0.6 is 0 Å². The van der Waals surface area contributed by atoms with Crippen LogP contribution in [0.4, 0.5) is 4.79 Å². The van der Waals surface area contributed by atoms with Crippen molar-refractivity contribution in [2.75, 3.05) is 18.8 Å². The minimum atomic E-state index is -3.30. The van der Waals surface area contributed by atoms with Gasteiger partial charge in [-0.15, -0.1) is 0 Å². The number of likely N-dealkylation sites (tertiary alicyclic amines) is 1. The number of hydrogen-bond acceptors (Lipinski definition) is 6. The molecule has 4 rings (SSSR count). The number of nitrogens with one attached hydrogen (secondary N) is 2. The number of amides is 2. The van der Waals surface area contributed by atoms with Crippen LogP contribution in [0.3, 0.4) is 0 Å². The Labute approximate surface area is 172 Å². The van der Waals surface area contributed by atoms with E-state index in [2.05, 4.69) is 20.2 Å². The van der Waals surface area contributed by atoms with Gasteiger partial charge >= 0.3 is 6.03 Å². The minimum Gasteiger partial charge on any atom is -0.339 e. The zero-order valence-electron chi connectivity index (χ0n) is 17.2. The van der Waals surface area contributed by atoms with E-state index in [-0.39, 0.29) is 29.8 Å². The Hall–Kier alpha value is -1.68. The predicted molar refractivity (Wildman–Crippen MR) is 107 cm³/mol. The Morgan fingerprint density at radius 1 is 1.28 bits per heavy atom. The van der Waals surface area contributed by atoms with Gasteiger partial charge in [0, 0.05) is 25.2 Å². The highest BCUT2D eigenvalue weighted by Gasteiger charge is 2.58. The van der Waals surface area contributed by atoms with Crippen LogP contribution in [0.5, 0.6) is 0 Å². The summed E-state index contributed by atoms with van der Waals surface area (Å²) in [7, 11) is -3.30. The van der Waals surface area contributed by atoms with Crippen LogP contribution in [-0.2, 0) is 15.4 Å². The molecule has 0 aromatic carbocycles. The molecule has 3 aliphatic rings. The zero-order chi connectivity index (χ0) is 20.6. The number of urea groups is 1. The van der Waals surface area contributed by atoms with Gasteiger partial charge in [0.25, 0.3) is 0 Å². The molecule has 29 heavy (non-hydrogen) atoms. The highest BCUT2D eigenvalue weighted by Crippen LogP contribution is 2.50. The highest BCUT2D eigenvalue weighted by molar-refractivity contribution is 7.89. The lowest BCUT2D eigenvalue weighted by Gasteiger charge is -2.28. The summed E-state index contributed by atoms with van der Waals surface area (Å²) in [5.41, 5.74) is -0.494. The molecular weight excluding hydrogens is 394 g/mol. The topological polar surface area (TPSA) is 117 Å². The van der Waals surface area contributed by atoms with Gasteiger partial charge in [-0.05, 0) is 45.4 Å². The largest absolute Gasteiger partial charge is 0.339 e. The quantitative estimate of drug-likeness (QED) is 0.741. The number of rotatable bonds is 5. The Morgan fingerprint density at radius 3 is 2.69 bits per heavy atom. The second-order valence-electron chi connectivity index (χ2n) is 8.82. The minimum absolute atomic E-state index is 0.0346. The van der Waals surface area contributed by atoms with Crippen molar-refractivity contribution in [3.8, 4) is 0 Å². The van der Waals surface area contributed by atoms with Gasteiger partial charge in [-0.2, -0.15) is 4.98 Å². The number of fused-ring (bicyclic) bond motifs is 1. The fourth-order valence-corrected chi connectivity index (χ4v) is 6.15. The number of aryl methyl sites for hydroxylation is 1. The molecule has 1 aliphatic heterocycles. The first-order chi connectivity index (χ1) is 13.8. The number of hydrogen-bond donors (Lipinski definition) is 2. The molecule has 2 N–H and O–H groups in total. The molecule has 10 heteroatoms. The molecule has 1 aromatic heterocycles. The molecule has 0 spiro atoms. The summed E-state index contributed by atoms with van der Waals surface area (Å²) in [5, 5.41) is 7.14. The second kappa shape index (κ2) is 7.86. The Balaban J connectivity index is 1.51. The van der Waals surface area contributed by atoms with Crippen molar-refractivity contribution in [3.63, 3.8) is 0 Å². The first-order valence-corrected chi connectivity index (χ1v) is 12.3. The van der Waals surface area contributed by atoms with Crippen molar-refractivity contribution in [1.29, 1.82) is 0 Å². The van der Waals surface area contributed by atoms with E-state index < -0.39 is 15.4 Å². The fourth-order valence-electron chi connectivity index (χ4n) is 5.30. The van der Waals surface area contributed by atoms with Gasteiger partial charge in [-0.3, -0.25) is 0 Å². The number of carbonyl (C=O) groups is 1. The van der Waals surface area contributed by atoms with Gasteiger partial charge in [0.15, 0.2) is 5.82 Å². The summed E-state index contributed by atoms with van der Waals surface area (Å²) >= 11 is 0. The van der Waals surface area contributed by atoms with E-state index in [1.807, 2.05) is 4.90 Å². The summed E-state index contributed by atoms with van der Waals surface area (Å²) < 4.78 is 32.5. The van der Waals surface area contributed by atoms with Crippen molar-refractivity contribution >= 4 is 16.1 Å². The summed E-state index contributed by atoms with van der Waals surface area (Å²) in [4.78, 5) is 19.2. The van der Waals surface area contributed by atoms with Crippen LogP contribution in [-0.4, -0.2) is 60.4 Å². The molecule has 3 atom stereocenters. The van der Waals surface area contributed by atoms with Crippen LogP contribution in [0, 0.1) is 12.8 Å². The van der Waals surface area contributed by atoms with Crippen molar-refractivity contribution in [1.82, 2.24) is 25.1 Å². The molecule has 3 fully saturated rings. The molecule has 2 heterocycles. The van der Waals surface area contributed by atoms with Crippen molar-refractivity contribution in [2.24, 2.45) is 5.92 Å². The van der Waals surface area contributed by atoms with E-state index >= 15 is 0 Å². The van der Waals surface area contributed by atoms with Gasteiger partial charge < -0.3 is 14.7 Å². The maximum atomic E-state index is 12.9. The summed E-state index contributed by atoms with van der Waals surface area (Å²) in [6.07, 6.45) is 6.87. The normalized spacial score (nSPS) is 30.5. The summed E-state index contributed by atoms with van der Waals surface area (Å²) in [6.45, 7) is 4.45. The molecule has 0 bridgehead atoms. The van der Waals surface area contributed by atoms with Gasteiger partial charge in [0.1, 0.15) is 0 Å². The third kappa shape index (κ3) is 4.14. The second-order valence-corrected chi connectivity index (χ2v) is 10.9. The molecular formula is C19H31N5O4S. The average Bonchev–Trinajstić information content (AvgIpc) is 3.35. The van der Waals surface area contributed by atoms with Crippen LogP contribution in [0.1, 0.15) is 63.6 Å². The SMILES string of the molecule is CCS(=O)(=O)N[C@@H]1CC2CN(C(=O)NC3CCCCC3)C[C@@]2(c2nc(C)no2)C1. The van der Waals surface area contributed by atoms with Crippen LogP contribution in [0.2, 0.25) is 0 Å². The lowest BCUT2D eigenvalue weighted by molar-refractivity contribution is 0.192. The number of aromatic nitrogens is 2. The Morgan fingerprint density at radius 2 is 2.03 bits per heavy atom. The average molecular weight is 426 g/mol. The third-order valence-corrected chi connectivity index (χ3v) is 8.23. The fraction of sp³-hybridized carbons (Fsp3) is 0.842. The van der Waals surface area contributed by atoms with E-state index in [4.69, 9.17) is 4.52 Å². The molecule has 0 radical (unpaired) electrons. The van der Waals surface area contributed by atoms with Crippen LogP contribution in [0.15, 0.2) is 4.52 Å². The van der Waals surface area contributed by atoms with Crippen molar-refractivity contribution in [2.45, 2.75) is 76.3 Å². The molecule has 9 nitrogen and oxygen atoms in total. The lowest BCUT2D eigenvalue weighted by atomic mass is 9.80. The monoisotopic (exact) mass is 425 g/mol. The van der Waals surface area contributed by atoms with E-state index in [0.717, 1.165) is 25.7 Å². The molecule has 2 amide bonds. The maximum Gasteiger partial charge on any atom is 0.317 e.